The third-order valence-corrected chi connectivity index (χ3v) is 3.53. The predicted octanol–water partition coefficient (Wildman–Crippen LogP) is 2.14. The molecular weight excluding hydrogens is 198 g/mol. The average molecular weight is 211 g/mol. The number of hydrogen-bond donors (Lipinski definition) is 1. The first-order valence-electron chi connectivity index (χ1n) is 5.08. The number of fused-ring (bicyclic) bond motifs is 2. The van der Waals surface area contributed by atoms with Gasteiger partial charge in [-0.15, -0.1) is 0 Å². The molecule has 4 heteroatoms. The first kappa shape index (κ1) is 8.80. The highest BCUT2D eigenvalue weighted by atomic mass is 32.1. The van der Waals surface area contributed by atoms with Crippen LogP contribution < -0.4 is 0 Å². The van der Waals surface area contributed by atoms with Gasteiger partial charge in [0.05, 0.1) is 17.9 Å². The monoisotopic (exact) mass is 211 g/mol. The lowest BCUT2D eigenvalue weighted by Crippen LogP contribution is -2.13. The quantitative estimate of drug-likeness (QED) is 0.761. The Morgan fingerprint density at radius 3 is 3.00 bits per heavy atom. The highest BCUT2D eigenvalue weighted by Gasteiger charge is 2.43. The summed E-state index contributed by atoms with van der Waals surface area (Å²) in [7, 11) is 0. The van der Waals surface area contributed by atoms with Gasteiger partial charge in [-0.2, -0.15) is 12.6 Å². The zero-order chi connectivity index (χ0) is 9.54. The maximum Gasteiger partial charge on any atom is 0.142 e. The van der Waals surface area contributed by atoms with Crippen LogP contribution in [0.4, 0.5) is 0 Å². The molecule has 2 saturated heterocycles. The van der Waals surface area contributed by atoms with E-state index >= 15 is 0 Å². The second-order valence-electron chi connectivity index (χ2n) is 4.09. The van der Waals surface area contributed by atoms with E-state index in [1.54, 1.807) is 0 Å². The molecule has 3 nitrogen and oxygen atoms in total. The summed E-state index contributed by atoms with van der Waals surface area (Å²) in [5.41, 5.74) is 0.922. The van der Waals surface area contributed by atoms with Crippen molar-refractivity contribution in [3.05, 3.63) is 17.5 Å². The normalized spacial score (nSPS) is 35.4. The number of ether oxygens (including phenoxy) is 1. The summed E-state index contributed by atoms with van der Waals surface area (Å²) in [5.74, 6) is 2.07. The Morgan fingerprint density at radius 1 is 1.50 bits per heavy atom. The molecule has 2 aliphatic rings. The molecule has 0 N–H and O–H groups in total. The van der Waals surface area contributed by atoms with Crippen LogP contribution in [-0.2, 0) is 10.5 Å². The maximum absolute atomic E-state index is 5.78. The van der Waals surface area contributed by atoms with Gasteiger partial charge in [0.1, 0.15) is 5.76 Å². The van der Waals surface area contributed by atoms with Gasteiger partial charge < -0.3 is 9.26 Å². The number of thiol groups is 1. The van der Waals surface area contributed by atoms with E-state index in [9.17, 15) is 0 Å². The summed E-state index contributed by atoms with van der Waals surface area (Å²) in [6.45, 7) is 0. The molecule has 3 unspecified atom stereocenters. The number of rotatable bonds is 2. The molecule has 0 aromatic carbocycles. The summed E-state index contributed by atoms with van der Waals surface area (Å²) in [6.07, 6.45) is 4.34. The van der Waals surface area contributed by atoms with Crippen LogP contribution in [0, 0.1) is 0 Å². The minimum absolute atomic E-state index is 0.376. The highest BCUT2D eigenvalue weighted by molar-refractivity contribution is 7.79. The van der Waals surface area contributed by atoms with Gasteiger partial charge >= 0.3 is 0 Å². The molecule has 2 fully saturated rings. The van der Waals surface area contributed by atoms with Crippen molar-refractivity contribution in [2.45, 2.75) is 43.1 Å². The molecule has 0 spiro atoms. The van der Waals surface area contributed by atoms with Crippen LogP contribution in [0.25, 0.3) is 0 Å². The molecule has 1 aromatic rings. The van der Waals surface area contributed by atoms with E-state index < -0.39 is 0 Å². The van der Waals surface area contributed by atoms with Crippen molar-refractivity contribution >= 4 is 12.6 Å². The van der Waals surface area contributed by atoms with Crippen LogP contribution in [0.15, 0.2) is 10.6 Å². The smallest absolute Gasteiger partial charge is 0.142 e. The Morgan fingerprint density at radius 2 is 2.43 bits per heavy atom. The fourth-order valence-electron chi connectivity index (χ4n) is 2.51. The fraction of sp³-hybridized carbons (Fsp3) is 0.700. The first-order valence-corrected chi connectivity index (χ1v) is 5.72. The second kappa shape index (κ2) is 3.28. The van der Waals surface area contributed by atoms with Gasteiger partial charge in [-0.1, -0.05) is 5.16 Å². The van der Waals surface area contributed by atoms with Gasteiger partial charge in [-0.25, -0.2) is 0 Å². The van der Waals surface area contributed by atoms with Crippen LogP contribution in [0.3, 0.4) is 0 Å². The summed E-state index contributed by atoms with van der Waals surface area (Å²) in [4.78, 5) is 0. The Kier molecular flexibility index (Phi) is 2.06. The van der Waals surface area contributed by atoms with Crippen molar-refractivity contribution in [3.8, 4) is 0 Å². The zero-order valence-electron chi connectivity index (χ0n) is 7.85. The Hall–Kier alpha value is -0.480. The summed E-state index contributed by atoms with van der Waals surface area (Å²) in [5, 5.41) is 3.96. The molecule has 0 amide bonds. The molecule has 0 saturated carbocycles. The van der Waals surface area contributed by atoms with Crippen molar-refractivity contribution < 1.29 is 9.26 Å². The van der Waals surface area contributed by atoms with Gasteiger partial charge in [-0.05, 0) is 19.3 Å². The predicted molar refractivity (Wildman–Crippen MR) is 54.4 cm³/mol. The van der Waals surface area contributed by atoms with E-state index in [1.165, 1.54) is 12.8 Å². The van der Waals surface area contributed by atoms with Crippen LogP contribution in [0.1, 0.15) is 36.6 Å². The summed E-state index contributed by atoms with van der Waals surface area (Å²) >= 11 is 4.17. The third-order valence-electron chi connectivity index (χ3n) is 3.21. The lowest BCUT2D eigenvalue weighted by atomic mass is 9.87. The fourth-order valence-corrected chi connectivity index (χ4v) is 2.66. The molecule has 0 aliphatic carbocycles. The van der Waals surface area contributed by atoms with E-state index in [0.29, 0.717) is 23.9 Å². The van der Waals surface area contributed by atoms with Gasteiger partial charge in [0.25, 0.3) is 0 Å². The molecule has 1 aromatic heterocycles. The minimum atomic E-state index is 0.376. The molecule has 3 heterocycles. The Balaban J connectivity index is 1.82. The standard InChI is InChI=1S/C10H13NO2S/c14-5-6-3-10(13-11-6)8-4-7-1-2-9(8)12-7/h3,7-9,14H,1-2,4-5H2. The van der Waals surface area contributed by atoms with Crippen LogP contribution in [0.5, 0.6) is 0 Å². The van der Waals surface area contributed by atoms with Crippen molar-refractivity contribution in [2.24, 2.45) is 0 Å². The van der Waals surface area contributed by atoms with Crippen molar-refractivity contribution in [1.82, 2.24) is 5.16 Å². The van der Waals surface area contributed by atoms with E-state index in [4.69, 9.17) is 9.26 Å². The third kappa shape index (κ3) is 1.28. The summed E-state index contributed by atoms with van der Waals surface area (Å²) < 4.78 is 11.1. The van der Waals surface area contributed by atoms with Crippen molar-refractivity contribution in [2.75, 3.05) is 0 Å². The maximum atomic E-state index is 5.78. The largest absolute Gasteiger partial charge is 0.374 e. The zero-order valence-corrected chi connectivity index (χ0v) is 8.74. The van der Waals surface area contributed by atoms with Crippen molar-refractivity contribution in [1.29, 1.82) is 0 Å². The summed E-state index contributed by atoms with van der Waals surface area (Å²) in [6, 6.07) is 2.02. The van der Waals surface area contributed by atoms with Gasteiger partial charge in [0.15, 0.2) is 0 Å². The molecule has 3 atom stereocenters. The van der Waals surface area contributed by atoms with Crippen LogP contribution >= 0.6 is 12.6 Å². The van der Waals surface area contributed by atoms with Crippen LogP contribution in [-0.4, -0.2) is 17.4 Å². The van der Waals surface area contributed by atoms with Gasteiger partial charge in [0, 0.05) is 17.7 Å². The second-order valence-corrected chi connectivity index (χ2v) is 4.41. The topological polar surface area (TPSA) is 35.3 Å². The Labute approximate surface area is 88.2 Å². The molecule has 2 aliphatic heterocycles. The van der Waals surface area contributed by atoms with E-state index in [1.807, 2.05) is 6.07 Å². The van der Waals surface area contributed by atoms with Gasteiger partial charge in [-0.3, -0.25) is 0 Å². The molecule has 2 bridgehead atoms. The molecule has 0 radical (unpaired) electrons. The first-order chi connectivity index (χ1) is 6.86. The number of hydrogen-bond acceptors (Lipinski definition) is 4. The highest BCUT2D eigenvalue weighted by Crippen LogP contribution is 2.44. The molecular formula is C10H13NO2S. The lowest BCUT2D eigenvalue weighted by molar-refractivity contribution is 0.0979. The number of nitrogens with zero attached hydrogens (tertiary/aromatic N) is 1. The van der Waals surface area contributed by atoms with Crippen LogP contribution in [0.2, 0.25) is 0 Å². The van der Waals surface area contributed by atoms with E-state index in [-0.39, 0.29) is 0 Å². The lowest BCUT2D eigenvalue weighted by Gasteiger charge is -2.14. The number of aromatic nitrogens is 1. The van der Waals surface area contributed by atoms with E-state index in [2.05, 4.69) is 17.8 Å². The van der Waals surface area contributed by atoms with Crippen molar-refractivity contribution in [3.63, 3.8) is 0 Å². The van der Waals surface area contributed by atoms with Gasteiger partial charge in [0.2, 0.25) is 0 Å². The molecule has 14 heavy (non-hydrogen) atoms. The molecule has 76 valence electrons. The minimum Gasteiger partial charge on any atom is -0.374 e. The molecule has 3 rings (SSSR count). The Bertz CT molecular complexity index is 339. The SMILES string of the molecule is SCc1cc(C2CC3CCC2O3)on1. The van der Waals surface area contributed by atoms with E-state index in [0.717, 1.165) is 17.9 Å². The average Bonchev–Trinajstić information content (AvgIpc) is 2.93.